The summed E-state index contributed by atoms with van der Waals surface area (Å²) < 4.78 is 0. The normalized spacial score (nSPS) is 30.0. The first-order chi connectivity index (χ1) is 6.18. The van der Waals surface area contributed by atoms with Crippen molar-refractivity contribution in [1.29, 1.82) is 0 Å². The van der Waals surface area contributed by atoms with Gasteiger partial charge in [0, 0.05) is 19.6 Å². The van der Waals surface area contributed by atoms with Gasteiger partial charge in [0.1, 0.15) is 0 Å². The Morgan fingerprint density at radius 2 is 1.85 bits per heavy atom. The van der Waals surface area contributed by atoms with Crippen LogP contribution in [0.5, 0.6) is 0 Å². The van der Waals surface area contributed by atoms with Gasteiger partial charge >= 0.3 is 0 Å². The molecule has 2 aliphatic rings. The Labute approximate surface area is 80.9 Å². The molecule has 76 valence electrons. The van der Waals surface area contributed by atoms with Gasteiger partial charge in [0.15, 0.2) is 0 Å². The molecular formula is C11H21NO. The Hall–Kier alpha value is -0.0800. The number of β-amino-alcohol motifs (C(OH)–C–C–N with tert-alkyl or cyclic N) is 1. The van der Waals surface area contributed by atoms with Gasteiger partial charge < -0.3 is 5.11 Å². The largest absolute Gasteiger partial charge is 0.389 e. The highest BCUT2D eigenvalue weighted by Gasteiger charge is 2.34. The molecule has 2 fully saturated rings. The first-order valence-electron chi connectivity index (χ1n) is 5.63. The standard InChI is InChI=1S/C11H21NO/c1-10-7-12(8-10)9-11(13)5-3-2-4-6-11/h10,13H,2-9H2,1H3. The van der Waals surface area contributed by atoms with Crippen LogP contribution in [0.15, 0.2) is 0 Å². The van der Waals surface area contributed by atoms with Gasteiger partial charge in [-0.1, -0.05) is 26.2 Å². The first-order valence-corrected chi connectivity index (χ1v) is 5.63. The van der Waals surface area contributed by atoms with Gasteiger partial charge in [-0.3, -0.25) is 4.90 Å². The van der Waals surface area contributed by atoms with Gasteiger partial charge in [-0.2, -0.15) is 0 Å². The van der Waals surface area contributed by atoms with Crippen molar-refractivity contribution in [2.45, 2.75) is 44.6 Å². The summed E-state index contributed by atoms with van der Waals surface area (Å²) in [4.78, 5) is 2.40. The topological polar surface area (TPSA) is 23.5 Å². The summed E-state index contributed by atoms with van der Waals surface area (Å²) in [6.07, 6.45) is 5.81. The average molecular weight is 183 g/mol. The molecule has 1 saturated carbocycles. The number of likely N-dealkylation sites (tertiary alicyclic amines) is 1. The van der Waals surface area contributed by atoms with Crippen LogP contribution in [0.1, 0.15) is 39.0 Å². The molecule has 0 bridgehead atoms. The fourth-order valence-corrected chi connectivity index (χ4v) is 2.74. The number of aliphatic hydroxyl groups is 1. The second-order valence-electron chi connectivity index (χ2n) is 5.08. The van der Waals surface area contributed by atoms with Crippen LogP contribution in [0.3, 0.4) is 0 Å². The number of rotatable bonds is 2. The summed E-state index contributed by atoms with van der Waals surface area (Å²) in [5.41, 5.74) is -0.335. The maximum Gasteiger partial charge on any atom is 0.0774 e. The fourth-order valence-electron chi connectivity index (χ4n) is 2.74. The van der Waals surface area contributed by atoms with Gasteiger partial charge in [0.25, 0.3) is 0 Å². The third-order valence-electron chi connectivity index (χ3n) is 3.44. The second-order valence-corrected chi connectivity index (χ2v) is 5.08. The summed E-state index contributed by atoms with van der Waals surface area (Å²) in [7, 11) is 0. The molecule has 2 rings (SSSR count). The second kappa shape index (κ2) is 3.58. The predicted molar refractivity (Wildman–Crippen MR) is 53.6 cm³/mol. The van der Waals surface area contributed by atoms with E-state index in [0.29, 0.717) is 0 Å². The minimum Gasteiger partial charge on any atom is -0.389 e. The summed E-state index contributed by atoms with van der Waals surface area (Å²) in [6.45, 7) is 5.60. The molecule has 1 aliphatic heterocycles. The molecule has 13 heavy (non-hydrogen) atoms. The van der Waals surface area contributed by atoms with Crippen LogP contribution in [-0.2, 0) is 0 Å². The van der Waals surface area contributed by atoms with Crippen molar-refractivity contribution >= 4 is 0 Å². The SMILES string of the molecule is CC1CN(CC2(O)CCCCC2)C1. The van der Waals surface area contributed by atoms with E-state index in [2.05, 4.69) is 11.8 Å². The molecule has 0 amide bonds. The Morgan fingerprint density at radius 3 is 2.38 bits per heavy atom. The van der Waals surface area contributed by atoms with Crippen molar-refractivity contribution in [3.63, 3.8) is 0 Å². The lowest BCUT2D eigenvalue weighted by Crippen LogP contribution is -2.53. The maximum absolute atomic E-state index is 10.3. The molecule has 1 heterocycles. The molecule has 1 saturated heterocycles. The quantitative estimate of drug-likeness (QED) is 0.703. The Kier molecular flexibility index (Phi) is 2.61. The highest BCUT2D eigenvalue weighted by Crippen LogP contribution is 2.30. The summed E-state index contributed by atoms with van der Waals surface area (Å²) in [6, 6.07) is 0. The molecule has 2 heteroatoms. The van der Waals surface area contributed by atoms with Crippen LogP contribution >= 0.6 is 0 Å². The molecule has 0 atom stereocenters. The zero-order chi connectivity index (χ0) is 9.31. The Bertz CT molecular complexity index is 169. The lowest BCUT2D eigenvalue weighted by Gasteiger charge is -2.43. The average Bonchev–Trinajstić information content (AvgIpc) is 2.02. The van der Waals surface area contributed by atoms with Crippen LogP contribution in [0, 0.1) is 5.92 Å². The summed E-state index contributed by atoms with van der Waals surface area (Å²) >= 11 is 0. The molecule has 0 radical (unpaired) electrons. The van der Waals surface area contributed by atoms with Gasteiger partial charge in [0.2, 0.25) is 0 Å². The van der Waals surface area contributed by atoms with E-state index >= 15 is 0 Å². The van der Waals surface area contributed by atoms with E-state index in [1.54, 1.807) is 0 Å². The van der Waals surface area contributed by atoms with Crippen molar-refractivity contribution in [1.82, 2.24) is 4.90 Å². The third kappa shape index (κ3) is 2.23. The van der Waals surface area contributed by atoms with Crippen molar-refractivity contribution in [2.24, 2.45) is 5.92 Å². The van der Waals surface area contributed by atoms with Crippen LogP contribution in [0.25, 0.3) is 0 Å². The summed E-state index contributed by atoms with van der Waals surface area (Å²) in [5, 5.41) is 10.3. The van der Waals surface area contributed by atoms with Crippen LogP contribution in [-0.4, -0.2) is 35.2 Å². The fraction of sp³-hybridized carbons (Fsp3) is 1.00. The van der Waals surface area contributed by atoms with E-state index < -0.39 is 0 Å². The Morgan fingerprint density at radius 1 is 1.23 bits per heavy atom. The Balaban J connectivity index is 1.78. The number of nitrogens with zero attached hydrogens (tertiary/aromatic N) is 1. The van der Waals surface area contributed by atoms with Gasteiger partial charge in [-0.25, -0.2) is 0 Å². The number of hydrogen-bond donors (Lipinski definition) is 1. The smallest absolute Gasteiger partial charge is 0.0774 e. The molecule has 0 spiro atoms. The van der Waals surface area contributed by atoms with E-state index in [4.69, 9.17) is 0 Å². The highest BCUT2D eigenvalue weighted by atomic mass is 16.3. The van der Waals surface area contributed by atoms with E-state index in [0.717, 1.165) is 25.3 Å². The van der Waals surface area contributed by atoms with Crippen molar-refractivity contribution in [2.75, 3.05) is 19.6 Å². The number of hydrogen-bond acceptors (Lipinski definition) is 2. The minimum atomic E-state index is -0.335. The maximum atomic E-state index is 10.3. The molecule has 0 unspecified atom stereocenters. The first kappa shape index (κ1) is 9.47. The molecule has 0 aromatic carbocycles. The lowest BCUT2D eigenvalue weighted by molar-refractivity contribution is -0.0507. The molecule has 0 aromatic heterocycles. The molecule has 1 N–H and O–H groups in total. The van der Waals surface area contributed by atoms with Gasteiger partial charge in [0.05, 0.1) is 5.60 Å². The van der Waals surface area contributed by atoms with E-state index in [1.165, 1.54) is 32.4 Å². The van der Waals surface area contributed by atoms with E-state index in [9.17, 15) is 5.11 Å². The zero-order valence-corrected chi connectivity index (χ0v) is 8.63. The molecular weight excluding hydrogens is 162 g/mol. The monoisotopic (exact) mass is 183 g/mol. The highest BCUT2D eigenvalue weighted by molar-refractivity contribution is 4.89. The van der Waals surface area contributed by atoms with E-state index in [-0.39, 0.29) is 5.60 Å². The van der Waals surface area contributed by atoms with Crippen molar-refractivity contribution in [3.8, 4) is 0 Å². The minimum absolute atomic E-state index is 0.335. The lowest BCUT2D eigenvalue weighted by atomic mass is 9.83. The molecule has 2 nitrogen and oxygen atoms in total. The summed E-state index contributed by atoms with van der Waals surface area (Å²) in [5.74, 6) is 0.854. The van der Waals surface area contributed by atoms with Crippen molar-refractivity contribution < 1.29 is 5.11 Å². The molecule has 1 aliphatic carbocycles. The van der Waals surface area contributed by atoms with E-state index in [1.807, 2.05) is 0 Å². The van der Waals surface area contributed by atoms with Crippen LogP contribution < -0.4 is 0 Å². The van der Waals surface area contributed by atoms with Gasteiger partial charge in [-0.15, -0.1) is 0 Å². The third-order valence-corrected chi connectivity index (χ3v) is 3.44. The van der Waals surface area contributed by atoms with Crippen molar-refractivity contribution in [3.05, 3.63) is 0 Å². The molecule has 0 aromatic rings. The zero-order valence-electron chi connectivity index (χ0n) is 8.63. The van der Waals surface area contributed by atoms with Gasteiger partial charge in [-0.05, 0) is 18.8 Å². The van der Waals surface area contributed by atoms with Crippen LogP contribution in [0.2, 0.25) is 0 Å². The van der Waals surface area contributed by atoms with Crippen LogP contribution in [0.4, 0.5) is 0 Å². The predicted octanol–water partition coefficient (Wildman–Crippen LogP) is 1.63.